The number of aromatic nitrogens is 1. The van der Waals surface area contributed by atoms with Crippen molar-refractivity contribution in [1.82, 2.24) is 15.4 Å². The molecule has 30 heavy (non-hydrogen) atoms. The molecule has 1 aliphatic rings. The first kappa shape index (κ1) is 20.5. The van der Waals surface area contributed by atoms with Crippen molar-refractivity contribution in [2.24, 2.45) is 0 Å². The molecule has 8 heteroatoms. The number of ether oxygens (including phenoxy) is 1. The number of nitrogens with zero attached hydrogens (tertiary/aromatic N) is 2. The van der Waals surface area contributed by atoms with E-state index in [0.717, 1.165) is 24.2 Å². The van der Waals surface area contributed by atoms with E-state index in [2.05, 4.69) is 15.4 Å². The molecular formula is C22H21ClFN3O3. The Bertz CT molecular complexity index is 1000. The summed E-state index contributed by atoms with van der Waals surface area (Å²) in [6, 6.07) is 15.0. The molecule has 1 saturated heterocycles. The van der Waals surface area contributed by atoms with Gasteiger partial charge in [-0.3, -0.25) is 9.69 Å². The lowest BCUT2D eigenvalue weighted by molar-refractivity contribution is 0.0162. The molecule has 0 aliphatic carbocycles. The largest absolute Gasteiger partial charge is 0.379 e. The lowest BCUT2D eigenvalue weighted by Crippen LogP contribution is -2.43. The van der Waals surface area contributed by atoms with Gasteiger partial charge < -0.3 is 14.6 Å². The maximum Gasteiger partial charge on any atom is 0.273 e. The fourth-order valence-corrected chi connectivity index (χ4v) is 3.66. The van der Waals surface area contributed by atoms with Gasteiger partial charge in [0.15, 0.2) is 11.5 Å². The summed E-state index contributed by atoms with van der Waals surface area (Å²) in [7, 11) is 0. The van der Waals surface area contributed by atoms with Crippen molar-refractivity contribution in [3.63, 3.8) is 0 Å². The number of hydrogen-bond donors (Lipinski definition) is 1. The number of rotatable bonds is 6. The van der Waals surface area contributed by atoms with E-state index < -0.39 is 0 Å². The van der Waals surface area contributed by atoms with Gasteiger partial charge in [0.1, 0.15) is 5.82 Å². The zero-order valence-electron chi connectivity index (χ0n) is 16.2. The molecule has 2 heterocycles. The van der Waals surface area contributed by atoms with Crippen LogP contribution in [-0.4, -0.2) is 48.8 Å². The standard InChI is InChI=1S/C22H21ClFN3O3/c23-17-3-1-2-16(12-17)21-13-19(26-30-21)22(28)25-14-20(27-8-10-29-11-9-27)15-4-6-18(24)7-5-15/h1-7,12-13,20H,8-11,14H2,(H,25,28). The van der Waals surface area contributed by atoms with Crippen LogP contribution in [0, 0.1) is 5.82 Å². The molecule has 1 N–H and O–H groups in total. The molecule has 1 fully saturated rings. The summed E-state index contributed by atoms with van der Waals surface area (Å²) in [5, 5.41) is 7.38. The predicted octanol–water partition coefficient (Wildman–Crippen LogP) is 3.94. The van der Waals surface area contributed by atoms with Gasteiger partial charge in [0, 0.05) is 36.3 Å². The average Bonchev–Trinajstić information content (AvgIpc) is 3.26. The molecule has 6 nitrogen and oxygen atoms in total. The zero-order chi connectivity index (χ0) is 20.9. The van der Waals surface area contributed by atoms with Gasteiger partial charge in [0.05, 0.1) is 19.3 Å². The Hall–Kier alpha value is -2.74. The maximum atomic E-state index is 13.4. The van der Waals surface area contributed by atoms with E-state index in [0.29, 0.717) is 30.5 Å². The molecule has 1 atom stereocenters. The summed E-state index contributed by atoms with van der Waals surface area (Å²) < 4.78 is 24.1. The Balaban J connectivity index is 1.46. The molecule has 1 aliphatic heterocycles. The van der Waals surface area contributed by atoms with Crippen LogP contribution >= 0.6 is 11.6 Å². The molecular weight excluding hydrogens is 409 g/mol. The number of carbonyl (C=O) groups excluding carboxylic acids is 1. The van der Waals surface area contributed by atoms with E-state index in [9.17, 15) is 9.18 Å². The first-order valence-corrected chi connectivity index (χ1v) is 10.1. The Morgan fingerprint density at radius 1 is 1.17 bits per heavy atom. The van der Waals surface area contributed by atoms with Crippen LogP contribution in [0.5, 0.6) is 0 Å². The lowest BCUT2D eigenvalue weighted by atomic mass is 10.0. The van der Waals surface area contributed by atoms with Crippen LogP contribution in [-0.2, 0) is 4.74 Å². The third-order valence-corrected chi connectivity index (χ3v) is 5.28. The van der Waals surface area contributed by atoms with E-state index >= 15 is 0 Å². The third kappa shape index (κ3) is 4.87. The summed E-state index contributed by atoms with van der Waals surface area (Å²) >= 11 is 6.01. The summed E-state index contributed by atoms with van der Waals surface area (Å²) in [6.07, 6.45) is 0. The van der Waals surface area contributed by atoms with Crippen LogP contribution in [0.2, 0.25) is 5.02 Å². The number of amides is 1. The Morgan fingerprint density at radius 2 is 1.93 bits per heavy atom. The van der Waals surface area contributed by atoms with E-state index in [1.54, 1.807) is 36.4 Å². The van der Waals surface area contributed by atoms with E-state index in [-0.39, 0.29) is 23.5 Å². The normalized spacial score (nSPS) is 15.7. The molecule has 1 amide bonds. The fraction of sp³-hybridized carbons (Fsp3) is 0.273. The van der Waals surface area contributed by atoms with E-state index in [1.807, 2.05) is 6.07 Å². The van der Waals surface area contributed by atoms with Crippen molar-refractivity contribution in [3.8, 4) is 11.3 Å². The Labute approximate surface area is 178 Å². The molecule has 3 aromatic rings. The molecule has 1 unspecified atom stereocenters. The molecule has 156 valence electrons. The quantitative estimate of drug-likeness (QED) is 0.643. The van der Waals surface area contributed by atoms with Gasteiger partial charge in [-0.25, -0.2) is 4.39 Å². The third-order valence-electron chi connectivity index (χ3n) is 5.05. The number of benzene rings is 2. The summed E-state index contributed by atoms with van der Waals surface area (Å²) in [4.78, 5) is 14.9. The minimum absolute atomic E-state index is 0.0993. The summed E-state index contributed by atoms with van der Waals surface area (Å²) in [6.45, 7) is 3.07. The number of nitrogens with one attached hydrogen (secondary N) is 1. The lowest BCUT2D eigenvalue weighted by Gasteiger charge is -2.34. The van der Waals surface area contributed by atoms with Gasteiger partial charge in [-0.15, -0.1) is 0 Å². The Kier molecular flexibility index (Phi) is 6.42. The molecule has 1 aromatic heterocycles. The molecule has 2 aromatic carbocycles. The average molecular weight is 430 g/mol. The van der Waals surface area contributed by atoms with Gasteiger partial charge in [-0.05, 0) is 29.8 Å². The van der Waals surface area contributed by atoms with E-state index in [4.69, 9.17) is 20.9 Å². The molecule has 4 rings (SSSR count). The van der Waals surface area contributed by atoms with Crippen LogP contribution in [0.1, 0.15) is 22.1 Å². The molecule has 0 radical (unpaired) electrons. The van der Waals surface area contributed by atoms with Gasteiger partial charge in [0.25, 0.3) is 5.91 Å². The van der Waals surface area contributed by atoms with Gasteiger partial charge >= 0.3 is 0 Å². The second kappa shape index (κ2) is 9.38. The molecule has 0 saturated carbocycles. The zero-order valence-corrected chi connectivity index (χ0v) is 16.9. The predicted molar refractivity (Wildman–Crippen MR) is 111 cm³/mol. The fourth-order valence-electron chi connectivity index (χ4n) is 3.47. The highest BCUT2D eigenvalue weighted by molar-refractivity contribution is 6.30. The van der Waals surface area contributed by atoms with Crippen LogP contribution in [0.4, 0.5) is 4.39 Å². The highest BCUT2D eigenvalue weighted by Gasteiger charge is 2.24. The van der Waals surface area contributed by atoms with Crippen molar-refractivity contribution in [2.45, 2.75) is 6.04 Å². The van der Waals surface area contributed by atoms with Crippen LogP contribution in [0.3, 0.4) is 0 Å². The smallest absolute Gasteiger partial charge is 0.273 e. The summed E-state index contributed by atoms with van der Waals surface area (Å²) in [5.74, 6) is -0.169. The van der Waals surface area contributed by atoms with Gasteiger partial charge in [0.2, 0.25) is 0 Å². The minimum atomic E-state index is -0.340. The van der Waals surface area contributed by atoms with Gasteiger partial charge in [-0.1, -0.05) is 41.0 Å². The minimum Gasteiger partial charge on any atom is -0.379 e. The number of morpholine rings is 1. The number of halogens is 2. The number of hydrogen-bond acceptors (Lipinski definition) is 5. The van der Waals surface area contributed by atoms with Crippen molar-refractivity contribution in [2.75, 3.05) is 32.8 Å². The summed E-state index contributed by atoms with van der Waals surface area (Å²) in [5.41, 5.74) is 1.86. The van der Waals surface area contributed by atoms with Crippen molar-refractivity contribution >= 4 is 17.5 Å². The first-order chi connectivity index (χ1) is 14.6. The van der Waals surface area contributed by atoms with Crippen LogP contribution in [0.15, 0.2) is 59.1 Å². The molecule has 0 bridgehead atoms. The highest BCUT2D eigenvalue weighted by atomic mass is 35.5. The Morgan fingerprint density at radius 3 is 2.67 bits per heavy atom. The SMILES string of the molecule is O=C(NCC(c1ccc(F)cc1)N1CCOCC1)c1cc(-c2cccc(Cl)c2)on1. The maximum absolute atomic E-state index is 13.4. The van der Waals surface area contributed by atoms with Crippen LogP contribution < -0.4 is 5.32 Å². The van der Waals surface area contributed by atoms with Crippen LogP contribution in [0.25, 0.3) is 11.3 Å². The monoisotopic (exact) mass is 429 g/mol. The van der Waals surface area contributed by atoms with Crippen molar-refractivity contribution in [3.05, 3.63) is 76.7 Å². The van der Waals surface area contributed by atoms with E-state index in [1.165, 1.54) is 12.1 Å². The molecule has 0 spiro atoms. The highest BCUT2D eigenvalue weighted by Crippen LogP contribution is 2.24. The van der Waals surface area contributed by atoms with Crippen molar-refractivity contribution in [1.29, 1.82) is 0 Å². The van der Waals surface area contributed by atoms with Gasteiger partial charge in [-0.2, -0.15) is 0 Å². The number of carbonyl (C=O) groups is 1. The topological polar surface area (TPSA) is 67.6 Å². The van der Waals surface area contributed by atoms with Crippen molar-refractivity contribution < 1.29 is 18.4 Å². The first-order valence-electron chi connectivity index (χ1n) is 9.68. The second-order valence-electron chi connectivity index (χ2n) is 7.01. The second-order valence-corrected chi connectivity index (χ2v) is 7.45.